The van der Waals surface area contributed by atoms with Gasteiger partial charge in [0.05, 0.1) is 11.9 Å². The lowest BCUT2D eigenvalue weighted by Gasteiger charge is -2.33. The number of anilines is 1. The van der Waals surface area contributed by atoms with Gasteiger partial charge in [0, 0.05) is 32.1 Å². The van der Waals surface area contributed by atoms with Crippen molar-refractivity contribution in [2.75, 3.05) is 18.0 Å². The normalized spacial score (nSPS) is 17.3. The van der Waals surface area contributed by atoms with Gasteiger partial charge in [-0.25, -0.2) is 9.49 Å². The van der Waals surface area contributed by atoms with Gasteiger partial charge in [-0.05, 0) is 36.5 Å². The maximum Gasteiger partial charge on any atom is 0.266 e. The Bertz CT molecular complexity index is 792. The predicted octanol–water partition coefficient (Wildman–Crippen LogP) is 1.83. The minimum Gasteiger partial charge on any atom is -0.370 e. The molecule has 0 aliphatic carbocycles. The Morgan fingerprint density at radius 3 is 3.08 bits per heavy atom. The van der Waals surface area contributed by atoms with Crippen molar-refractivity contribution in [1.82, 2.24) is 15.5 Å². The molecular weight excluding hydrogens is 323 g/mol. The van der Waals surface area contributed by atoms with Crippen molar-refractivity contribution >= 4 is 11.6 Å². The van der Waals surface area contributed by atoms with Crippen LogP contribution in [0, 0.1) is 11.7 Å². The van der Waals surface area contributed by atoms with Crippen LogP contribution in [-0.4, -0.2) is 29.2 Å². The molecule has 1 atom stereocenters. The Labute approximate surface area is 145 Å². The molecule has 1 fully saturated rings. The largest absolute Gasteiger partial charge is 0.370 e. The molecule has 1 aromatic carbocycles. The van der Waals surface area contributed by atoms with Gasteiger partial charge in [0.15, 0.2) is 0 Å². The Balaban J connectivity index is 1.52. The maximum absolute atomic E-state index is 13.1. The van der Waals surface area contributed by atoms with Crippen molar-refractivity contribution in [2.24, 2.45) is 5.92 Å². The molecule has 1 aliphatic heterocycles. The minimum absolute atomic E-state index is 0.0415. The number of halogens is 1. The number of hydrogen-bond donors (Lipinski definition) is 2. The Kier molecular flexibility index (Phi) is 5.42. The van der Waals surface area contributed by atoms with Crippen LogP contribution in [0.15, 0.2) is 41.3 Å². The molecule has 7 heteroatoms. The number of piperidine rings is 1. The van der Waals surface area contributed by atoms with E-state index in [9.17, 15) is 14.0 Å². The van der Waals surface area contributed by atoms with Crippen molar-refractivity contribution < 1.29 is 9.18 Å². The lowest BCUT2D eigenvalue weighted by molar-refractivity contribution is -0.122. The van der Waals surface area contributed by atoms with Gasteiger partial charge >= 0.3 is 0 Å². The number of amides is 1. The monoisotopic (exact) mass is 344 g/mol. The van der Waals surface area contributed by atoms with Crippen LogP contribution >= 0.6 is 0 Å². The summed E-state index contributed by atoms with van der Waals surface area (Å²) in [5.74, 6) is -0.123. The smallest absolute Gasteiger partial charge is 0.266 e. The van der Waals surface area contributed by atoms with Gasteiger partial charge in [-0.15, -0.1) is 0 Å². The van der Waals surface area contributed by atoms with Crippen LogP contribution in [0.5, 0.6) is 0 Å². The summed E-state index contributed by atoms with van der Waals surface area (Å²) in [7, 11) is 0. The first-order valence-corrected chi connectivity index (χ1v) is 8.41. The number of nitrogens with zero attached hydrogens (tertiary/aromatic N) is 2. The molecule has 1 amide bonds. The van der Waals surface area contributed by atoms with E-state index in [0.29, 0.717) is 13.0 Å². The summed E-state index contributed by atoms with van der Waals surface area (Å²) in [6, 6.07) is 7.74. The SMILES string of the molecule is O=C(CC1CCCN(c2cn[nH]c(=O)c2)C1)NCc1cccc(F)c1. The molecule has 0 spiro atoms. The van der Waals surface area contributed by atoms with Gasteiger partial charge < -0.3 is 10.2 Å². The van der Waals surface area contributed by atoms with Gasteiger partial charge in [0.1, 0.15) is 5.82 Å². The number of rotatable bonds is 5. The molecule has 2 N–H and O–H groups in total. The summed E-state index contributed by atoms with van der Waals surface area (Å²) in [6.07, 6.45) is 3.99. The number of nitrogens with one attached hydrogen (secondary N) is 2. The highest BCUT2D eigenvalue weighted by molar-refractivity contribution is 5.76. The van der Waals surface area contributed by atoms with Gasteiger partial charge in [-0.3, -0.25) is 9.59 Å². The highest BCUT2D eigenvalue weighted by atomic mass is 19.1. The number of aromatic nitrogens is 2. The Morgan fingerprint density at radius 2 is 2.28 bits per heavy atom. The zero-order chi connectivity index (χ0) is 17.6. The van der Waals surface area contributed by atoms with Crippen molar-refractivity contribution in [2.45, 2.75) is 25.8 Å². The van der Waals surface area contributed by atoms with Crippen molar-refractivity contribution in [3.8, 4) is 0 Å². The first kappa shape index (κ1) is 17.1. The summed E-state index contributed by atoms with van der Waals surface area (Å²) >= 11 is 0. The Morgan fingerprint density at radius 1 is 1.40 bits per heavy atom. The fraction of sp³-hybridized carbons (Fsp3) is 0.389. The standard InChI is InChI=1S/C18H21FN4O2/c19-15-5-1-3-13(7-15)10-20-17(24)8-14-4-2-6-23(12-14)16-9-18(25)22-21-11-16/h1,3,5,7,9,11,14H,2,4,6,8,10,12H2,(H,20,24)(H,22,25). The number of hydrogen-bond acceptors (Lipinski definition) is 4. The van der Waals surface area contributed by atoms with E-state index in [1.54, 1.807) is 18.3 Å². The lowest BCUT2D eigenvalue weighted by atomic mass is 9.94. The number of aromatic amines is 1. The van der Waals surface area contributed by atoms with Gasteiger partial charge in [0.2, 0.25) is 5.91 Å². The van der Waals surface area contributed by atoms with E-state index in [4.69, 9.17) is 0 Å². The first-order valence-electron chi connectivity index (χ1n) is 8.41. The van der Waals surface area contributed by atoms with Crippen LogP contribution in [-0.2, 0) is 11.3 Å². The Hall–Kier alpha value is -2.70. The second-order valence-electron chi connectivity index (χ2n) is 6.37. The van der Waals surface area contributed by atoms with Crippen molar-refractivity contribution in [3.63, 3.8) is 0 Å². The van der Waals surface area contributed by atoms with Crippen LogP contribution in [0.4, 0.5) is 10.1 Å². The highest BCUT2D eigenvalue weighted by Crippen LogP contribution is 2.23. The van der Waals surface area contributed by atoms with Crippen LogP contribution in [0.25, 0.3) is 0 Å². The van der Waals surface area contributed by atoms with E-state index in [1.165, 1.54) is 18.2 Å². The van der Waals surface area contributed by atoms with Crippen LogP contribution in [0.3, 0.4) is 0 Å². The molecule has 0 radical (unpaired) electrons. The molecule has 2 heterocycles. The van der Waals surface area contributed by atoms with Crippen molar-refractivity contribution in [3.05, 3.63) is 58.3 Å². The number of carbonyl (C=O) groups excluding carboxylic acids is 1. The van der Waals surface area contributed by atoms with Crippen LogP contribution in [0.2, 0.25) is 0 Å². The summed E-state index contributed by atoms with van der Waals surface area (Å²) in [5, 5.41) is 9.04. The predicted molar refractivity (Wildman–Crippen MR) is 92.7 cm³/mol. The summed E-state index contributed by atoms with van der Waals surface area (Å²) in [4.78, 5) is 25.7. The molecule has 1 saturated heterocycles. The zero-order valence-electron chi connectivity index (χ0n) is 13.9. The fourth-order valence-corrected chi connectivity index (χ4v) is 3.19. The number of carbonyl (C=O) groups is 1. The molecule has 1 unspecified atom stereocenters. The summed E-state index contributed by atoms with van der Waals surface area (Å²) in [6.45, 7) is 1.90. The van der Waals surface area contributed by atoms with E-state index in [-0.39, 0.29) is 23.2 Å². The average molecular weight is 344 g/mol. The molecule has 1 aliphatic rings. The molecule has 25 heavy (non-hydrogen) atoms. The quantitative estimate of drug-likeness (QED) is 0.867. The van der Waals surface area contributed by atoms with E-state index < -0.39 is 0 Å². The molecule has 3 rings (SSSR count). The summed E-state index contributed by atoms with van der Waals surface area (Å²) < 4.78 is 13.1. The molecule has 6 nitrogen and oxygen atoms in total. The zero-order valence-corrected chi connectivity index (χ0v) is 13.9. The minimum atomic E-state index is -0.305. The van der Waals surface area contributed by atoms with E-state index >= 15 is 0 Å². The van der Waals surface area contributed by atoms with Crippen LogP contribution in [0.1, 0.15) is 24.8 Å². The average Bonchev–Trinajstić information content (AvgIpc) is 2.60. The van der Waals surface area contributed by atoms with Gasteiger partial charge in [-0.2, -0.15) is 5.10 Å². The molecule has 0 saturated carbocycles. The van der Waals surface area contributed by atoms with Crippen LogP contribution < -0.4 is 15.8 Å². The first-order chi connectivity index (χ1) is 12.1. The third-order valence-electron chi connectivity index (χ3n) is 4.39. The lowest BCUT2D eigenvalue weighted by Crippen LogP contribution is -2.38. The topological polar surface area (TPSA) is 78.1 Å². The number of benzene rings is 1. The van der Waals surface area contributed by atoms with E-state index in [1.807, 2.05) is 0 Å². The molecule has 1 aromatic heterocycles. The molecule has 2 aromatic rings. The fourth-order valence-electron chi connectivity index (χ4n) is 3.19. The van der Waals surface area contributed by atoms with E-state index in [2.05, 4.69) is 20.4 Å². The second kappa shape index (κ2) is 7.92. The van der Waals surface area contributed by atoms with Gasteiger partial charge in [0.25, 0.3) is 5.56 Å². The van der Waals surface area contributed by atoms with E-state index in [0.717, 1.165) is 37.2 Å². The third-order valence-corrected chi connectivity index (χ3v) is 4.39. The summed E-state index contributed by atoms with van der Waals surface area (Å²) in [5.41, 5.74) is 1.30. The number of H-pyrrole nitrogens is 1. The van der Waals surface area contributed by atoms with Gasteiger partial charge in [-0.1, -0.05) is 12.1 Å². The third kappa shape index (κ3) is 4.89. The molecule has 0 bridgehead atoms. The molecule has 132 valence electrons. The maximum atomic E-state index is 13.1. The second-order valence-corrected chi connectivity index (χ2v) is 6.37. The molecular formula is C18H21FN4O2. The highest BCUT2D eigenvalue weighted by Gasteiger charge is 2.22. The van der Waals surface area contributed by atoms with Crippen molar-refractivity contribution in [1.29, 1.82) is 0 Å².